The van der Waals surface area contributed by atoms with Crippen LogP contribution in [0.25, 0.3) is 11.5 Å². The number of rotatable bonds is 6. The quantitative estimate of drug-likeness (QED) is 0.790. The van der Waals surface area contributed by atoms with E-state index in [1.165, 1.54) is 0 Å². The van der Waals surface area contributed by atoms with Crippen molar-refractivity contribution in [1.82, 2.24) is 20.5 Å². The van der Waals surface area contributed by atoms with Crippen LogP contribution in [0, 0.1) is 6.92 Å². The molecule has 1 N–H and O–H groups in total. The maximum Gasteiger partial charge on any atom is 0.247 e. The number of nitrogens with zero attached hydrogens (tertiary/aromatic N) is 3. The number of aromatic nitrogens is 3. The number of hydrogen-bond acceptors (Lipinski definition) is 5. The second kappa shape index (κ2) is 6.26. The molecule has 0 fully saturated rings. The van der Waals surface area contributed by atoms with Gasteiger partial charge in [-0.1, -0.05) is 6.92 Å². The largest absolute Gasteiger partial charge is 0.421 e. The molecule has 0 radical (unpaired) electrons. The van der Waals surface area contributed by atoms with Crippen LogP contribution in [0.1, 0.15) is 24.9 Å². The minimum atomic E-state index is 0.561. The van der Waals surface area contributed by atoms with E-state index in [2.05, 4.69) is 27.4 Å². The summed E-state index contributed by atoms with van der Waals surface area (Å²) in [5.41, 5.74) is 1.86. The average molecular weight is 246 g/mol. The number of pyridine rings is 1. The Morgan fingerprint density at radius 3 is 2.94 bits per heavy atom. The lowest BCUT2D eigenvalue weighted by Gasteiger charge is -1.98. The van der Waals surface area contributed by atoms with Crippen molar-refractivity contribution in [2.45, 2.75) is 26.7 Å². The molecule has 96 valence electrons. The first-order valence-electron chi connectivity index (χ1n) is 6.25. The summed E-state index contributed by atoms with van der Waals surface area (Å²) in [6.45, 7) is 5.97. The van der Waals surface area contributed by atoms with Crippen LogP contribution in [0.5, 0.6) is 0 Å². The molecule has 0 saturated heterocycles. The number of hydrogen-bond donors (Lipinski definition) is 1. The van der Waals surface area contributed by atoms with Crippen molar-refractivity contribution in [3.8, 4) is 11.5 Å². The van der Waals surface area contributed by atoms with Crippen LogP contribution in [-0.4, -0.2) is 28.3 Å². The van der Waals surface area contributed by atoms with Gasteiger partial charge in [0.15, 0.2) is 0 Å². The lowest BCUT2D eigenvalue weighted by molar-refractivity contribution is 0.494. The number of aryl methyl sites for hydroxylation is 1. The van der Waals surface area contributed by atoms with E-state index in [0.29, 0.717) is 11.8 Å². The smallest absolute Gasteiger partial charge is 0.247 e. The van der Waals surface area contributed by atoms with E-state index in [1.54, 1.807) is 6.20 Å². The highest BCUT2D eigenvalue weighted by atomic mass is 16.4. The van der Waals surface area contributed by atoms with Gasteiger partial charge in [-0.2, -0.15) is 0 Å². The van der Waals surface area contributed by atoms with Gasteiger partial charge in [0, 0.05) is 30.4 Å². The monoisotopic (exact) mass is 246 g/mol. The molecule has 5 nitrogen and oxygen atoms in total. The van der Waals surface area contributed by atoms with Crippen molar-refractivity contribution in [3.63, 3.8) is 0 Å². The fraction of sp³-hybridized carbons (Fsp3) is 0.462. The van der Waals surface area contributed by atoms with Gasteiger partial charge in [0.2, 0.25) is 11.8 Å². The van der Waals surface area contributed by atoms with E-state index in [-0.39, 0.29) is 0 Å². The van der Waals surface area contributed by atoms with Crippen LogP contribution in [0.2, 0.25) is 0 Å². The Balaban J connectivity index is 1.97. The zero-order valence-corrected chi connectivity index (χ0v) is 10.8. The van der Waals surface area contributed by atoms with Crippen molar-refractivity contribution in [3.05, 3.63) is 29.9 Å². The Morgan fingerprint density at radius 2 is 2.17 bits per heavy atom. The molecule has 0 unspecified atom stereocenters. The Morgan fingerprint density at radius 1 is 1.28 bits per heavy atom. The molecule has 0 aliphatic heterocycles. The molecule has 0 atom stereocenters. The molecule has 0 bridgehead atoms. The fourth-order valence-corrected chi connectivity index (χ4v) is 1.65. The van der Waals surface area contributed by atoms with E-state index in [0.717, 1.165) is 37.2 Å². The van der Waals surface area contributed by atoms with Crippen LogP contribution >= 0.6 is 0 Å². The van der Waals surface area contributed by atoms with E-state index in [1.807, 2.05) is 19.1 Å². The molecule has 0 aromatic carbocycles. The molecule has 18 heavy (non-hydrogen) atoms. The maximum atomic E-state index is 5.61. The SMILES string of the molecule is CCCNCCc1nnc(-c2ccnc(C)c2)o1. The van der Waals surface area contributed by atoms with Crippen LogP contribution in [0.3, 0.4) is 0 Å². The number of nitrogens with one attached hydrogen (secondary N) is 1. The van der Waals surface area contributed by atoms with Gasteiger partial charge < -0.3 is 9.73 Å². The Kier molecular flexibility index (Phi) is 4.41. The lowest BCUT2D eigenvalue weighted by Crippen LogP contribution is -2.17. The molecule has 0 saturated carbocycles. The first-order valence-corrected chi connectivity index (χ1v) is 6.25. The second-order valence-corrected chi connectivity index (χ2v) is 4.19. The third kappa shape index (κ3) is 3.37. The normalized spacial score (nSPS) is 10.8. The van der Waals surface area contributed by atoms with Gasteiger partial charge in [0.05, 0.1) is 0 Å². The summed E-state index contributed by atoms with van der Waals surface area (Å²) in [4.78, 5) is 4.14. The summed E-state index contributed by atoms with van der Waals surface area (Å²) in [5, 5.41) is 11.4. The van der Waals surface area contributed by atoms with E-state index in [4.69, 9.17) is 4.42 Å². The molecule has 0 aliphatic rings. The lowest BCUT2D eigenvalue weighted by atomic mass is 10.2. The zero-order chi connectivity index (χ0) is 12.8. The standard InChI is InChI=1S/C13H18N4O/c1-3-6-14-7-5-12-16-17-13(18-12)11-4-8-15-10(2)9-11/h4,8-9,14H,3,5-7H2,1-2H3. The molecule has 0 amide bonds. The third-order valence-corrected chi connectivity index (χ3v) is 2.55. The molecular weight excluding hydrogens is 228 g/mol. The first-order chi connectivity index (χ1) is 8.79. The fourth-order valence-electron chi connectivity index (χ4n) is 1.65. The first kappa shape index (κ1) is 12.7. The summed E-state index contributed by atoms with van der Waals surface area (Å²) in [5.74, 6) is 1.23. The Labute approximate surface area is 107 Å². The molecule has 2 aromatic heterocycles. The van der Waals surface area contributed by atoms with Crippen LogP contribution in [0.15, 0.2) is 22.7 Å². The van der Waals surface area contributed by atoms with Crippen LogP contribution in [-0.2, 0) is 6.42 Å². The van der Waals surface area contributed by atoms with Crippen molar-refractivity contribution in [2.24, 2.45) is 0 Å². The third-order valence-electron chi connectivity index (χ3n) is 2.55. The Hall–Kier alpha value is -1.75. The molecule has 0 spiro atoms. The summed E-state index contributed by atoms with van der Waals surface area (Å²) >= 11 is 0. The minimum Gasteiger partial charge on any atom is -0.421 e. The summed E-state index contributed by atoms with van der Waals surface area (Å²) in [6, 6.07) is 3.81. The van der Waals surface area contributed by atoms with Crippen molar-refractivity contribution in [2.75, 3.05) is 13.1 Å². The second-order valence-electron chi connectivity index (χ2n) is 4.19. The molecule has 2 rings (SSSR count). The Bertz CT molecular complexity index is 495. The summed E-state index contributed by atoms with van der Waals surface area (Å²) in [6.07, 6.45) is 3.64. The highest BCUT2D eigenvalue weighted by molar-refractivity contribution is 5.52. The van der Waals surface area contributed by atoms with E-state index < -0.39 is 0 Å². The van der Waals surface area contributed by atoms with Crippen molar-refractivity contribution in [1.29, 1.82) is 0 Å². The maximum absolute atomic E-state index is 5.61. The summed E-state index contributed by atoms with van der Waals surface area (Å²) in [7, 11) is 0. The minimum absolute atomic E-state index is 0.561. The molecule has 2 heterocycles. The van der Waals surface area contributed by atoms with Gasteiger partial charge in [-0.3, -0.25) is 4.98 Å². The van der Waals surface area contributed by atoms with Crippen LogP contribution < -0.4 is 5.32 Å². The molecule has 2 aromatic rings. The van der Waals surface area contributed by atoms with Crippen molar-refractivity contribution >= 4 is 0 Å². The van der Waals surface area contributed by atoms with Gasteiger partial charge in [0.1, 0.15) is 0 Å². The van der Waals surface area contributed by atoms with Gasteiger partial charge in [-0.05, 0) is 32.0 Å². The predicted molar refractivity (Wildman–Crippen MR) is 69.1 cm³/mol. The van der Waals surface area contributed by atoms with Gasteiger partial charge in [0.25, 0.3) is 0 Å². The van der Waals surface area contributed by atoms with E-state index >= 15 is 0 Å². The predicted octanol–water partition coefficient (Wildman–Crippen LogP) is 1.98. The van der Waals surface area contributed by atoms with Crippen molar-refractivity contribution < 1.29 is 4.42 Å². The average Bonchev–Trinajstić information content (AvgIpc) is 2.83. The van der Waals surface area contributed by atoms with Gasteiger partial charge >= 0.3 is 0 Å². The highest BCUT2D eigenvalue weighted by Crippen LogP contribution is 2.17. The van der Waals surface area contributed by atoms with Gasteiger partial charge in [-0.15, -0.1) is 10.2 Å². The van der Waals surface area contributed by atoms with Gasteiger partial charge in [-0.25, -0.2) is 0 Å². The molecule has 0 aliphatic carbocycles. The molecular formula is C13H18N4O. The molecule has 5 heteroatoms. The zero-order valence-electron chi connectivity index (χ0n) is 10.8. The van der Waals surface area contributed by atoms with Crippen LogP contribution in [0.4, 0.5) is 0 Å². The van der Waals surface area contributed by atoms with E-state index in [9.17, 15) is 0 Å². The topological polar surface area (TPSA) is 63.8 Å². The highest BCUT2D eigenvalue weighted by Gasteiger charge is 2.08. The summed E-state index contributed by atoms with van der Waals surface area (Å²) < 4.78 is 5.61.